The van der Waals surface area contributed by atoms with Gasteiger partial charge in [-0.05, 0) is 63.9 Å². The zero-order valence-corrected chi connectivity index (χ0v) is 38.3. The van der Waals surface area contributed by atoms with Gasteiger partial charge in [0.1, 0.15) is 39.4 Å². The molecule has 0 spiro atoms. The molecule has 1 aliphatic rings. The fraction of sp³-hybridized carbons (Fsp3) is 0.400. The molecule has 5 heterocycles. The molecule has 0 saturated carbocycles. The Morgan fingerprint density at radius 1 is 0.846 bits per heavy atom. The van der Waals surface area contributed by atoms with Gasteiger partial charge < -0.3 is 29.2 Å². The topological polar surface area (TPSA) is 227 Å². The molecule has 4 aromatic heterocycles. The van der Waals surface area contributed by atoms with Crippen molar-refractivity contribution < 1.29 is 33.4 Å². The molecule has 0 bridgehead atoms. The summed E-state index contributed by atoms with van der Waals surface area (Å²) >= 11 is 1.30. The number of thiazole rings is 1. The van der Waals surface area contributed by atoms with Crippen LogP contribution in [0.15, 0.2) is 42.5 Å². The van der Waals surface area contributed by atoms with Crippen LogP contribution < -0.4 is 25.8 Å². The second-order valence-electron chi connectivity index (χ2n) is 15.5. The number of hydrogen-bond donors (Lipinski definition) is 3. The average molecular weight is 907 g/mol. The highest BCUT2D eigenvalue weighted by Crippen LogP contribution is 2.33. The number of amides is 4. The Hall–Kier alpha value is -6.93. The first-order valence-corrected chi connectivity index (χ1v) is 22.5. The maximum absolute atomic E-state index is 13.9. The molecule has 7 rings (SSSR count). The Morgan fingerprint density at radius 3 is 2.12 bits per heavy atom. The molecule has 0 atom stereocenters. The van der Waals surface area contributed by atoms with Crippen LogP contribution in [0.3, 0.4) is 0 Å². The first kappa shape index (κ1) is 46.1. The van der Waals surface area contributed by atoms with E-state index in [2.05, 4.69) is 25.6 Å². The zero-order chi connectivity index (χ0) is 46.4. The number of piperazine rings is 1. The zero-order valence-electron chi connectivity index (χ0n) is 37.5. The Kier molecular flexibility index (Phi) is 14.4. The van der Waals surface area contributed by atoms with Gasteiger partial charge in [-0.3, -0.25) is 44.2 Å². The van der Waals surface area contributed by atoms with E-state index in [9.17, 15) is 24.0 Å². The van der Waals surface area contributed by atoms with E-state index in [1.165, 1.54) is 18.4 Å². The number of carbonyl (C=O) groups is 5. The number of rotatable bonds is 19. The first-order chi connectivity index (χ1) is 31.3. The van der Waals surface area contributed by atoms with Crippen molar-refractivity contribution in [3.63, 3.8) is 0 Å². The van der Waals surface area contributed by atoms with E-state index in [1.807, 2.05) is 51.7 Å². The lowest BCUT2D eigenvalue weighted by molar-refractivity contribution is -0.132. The number of aromatic nitrogens is 7. The number of aldehydes is 1. The number of anilines is 2. The van der Waals surface area contributed by atoms with Gasteiger partial charge in [0, 0.05) is 69.9 Å². The Morgan fingerprint density at radius 2 is 1.51 bits per heavy atom. The highest BCUT2D eigenvalue weighted by molar-refractivity contribution is 7.13. The molecule has 19 nitrogen and oxygen atoms in total. The third kappa shape index (κ3) is 10.1. The number of methoxy groups -OCH3 is 1. The Bertz CT molecular complexity index is 2790. The van der Waals surface area contributed by atoms with Gasteiger partial charge >= 0.3 is 0 Å². The standard InChI is InChI=1S/C45H54N12O7S/c1-7-31-40(65-28(5)47-31)43(62)51-45-48-32-22-29(26-58)23-35(63-6)38(32)55(45)14-10-11-15-56-39-33(49-44(56)50-42(61)34-21-27(4)52-57(34)9-3)24-30(41(46)60)25-36(39)64-20-12-13-53-16-18-54(19-17-53)37(59)8-2/h10-11,21-26H,7-9,12-20H2,1-6H3,(H2,46,60)(H,48,51,62)(H,49,50,61)/b11-10+. The van der Waals surface area contributed by atoms with Crippen LogP contribution in [0.1, 0.15) is 90.9 Å². The van der Waals surface area contributed by atoms with Crippen molar-refractivity contribution in [3.05, 3.63) is 80.6 Å². The van der Waals surface area contributed by atoms with Crippen LogP contribution in [0.25, 0.3) is 22.1 Å². The number of benzene rings is 2. The molecular formula is C45H54N12O7S. The van der Waals surface area contributed by atoms with Crippen LogP contribution >= 0.6 is 11.3 Å². The highest BCUT2D eigenvalue weighted by Gasteiger charge is 2.25. The number of fused-ring (bicyclic) bond motifs is 2. The number of carbonyl (C=O) groups excluding carboxylic acids is 5. The molecule has 2 aromatic carbocycles. The Balaban J connectivity index is 1.21. The van der Waals surface area contributed by atoms with Crippen LogP contribution in [0.4, 0.5) is 11.9 Å². The summed E-state index contributed by atoms with van der Waals surface area (Å²) in [5.41, 5.74) is 9.97. The molecule has 4 amide bonds. The summed E-state index contributed by atoms with van der Waals surface area (Å²) in [7, 11) is 1.50. The second-order valence-corrected chi connectivity index (χ2v) is 16.7. The lowest BCUT2D eigenvalue weighted by Gasteiger charge is -2.34. The fourth-order valence-electron chi connectivity index (χ4n) is 7.96. The van der Waals surface area contributed by atoms with Gasteiger partial charge in [-0.2, -0.15) is 5.10 Å². The van der Waals surface area contributed by atoms with Crippen LogP contribution in [-0.4, -0.2) is 120 Å². The SMILES string of the molecule is CCC(=O)N1CCN(CCCOc2cc(C(N)=O)cc3nc(NC(=O)c4cc(C)nn4CC)n(C/C=C/Cn4c(NC(=O)c5sc(C)nc5CC)nc5cc(C=O)cc(OC)c54)c23)CC1. The third-order valence-electron chi connectivity index (χ3n) is 11.2. The fourth-order valence-corrected chi connectivity index (χ4v) is 8.86. The molecular weight excluding hydrogens is 853 g/mol. The van der Waals surface area contributed by atoms with Crippen LogP contribution in [0, 0.1) is 13.8 Å². The summed E-state index contributed by atoms with van der Waals surface area (Å²) in [4.78, 5) is 82.9. The summed E-state index contributed by atoms with van der Waals surface area (Å²) in [6.45, 7) is 14.2. The molecule has 4 N–H and O–H groups in total. The lowest BCUT2D eigenvalue weighted by Crippen LogP contribution is -2.48. The first-order valence-electron chi connectivity index (χ1n) is 21.6. The summed E-state index contributed by atoms with van der Waals surface area (Å²) in [6, 6.07) is 8.10. The van der Waals surface area contributed by atoms with Gasteiger partial charge in [0.2, 0.25) is 23.7 Å². The van der Waals surface area contributed by atoms with Gasteiger partial charge in [-0.25, -0.2) is 15.0 Å². The molecule has 0 unspecified atom stereocenters. The van der Waals surface area contributed by atoms with E-state index in [1.54, 1.807) is 44.1 Å². The predicted molar refractivity (Wildman–Crippen MR) is 247 cm³/mol. The van der Waals surface area contributed by atoms with Gasteiger partial charge in [-0.15, -0.1) is 11.3 Å². The predicted octanol–water partition coefficient (Wildman–Crippen LogP) is 5.24. The largest absolute Gasteiger partial charge is 0.494 e. The minimum Gasteiger partial charge on any atom is -0.494 e. The van der Waals surface area contributed by atoms with E-state index in [4.69, 9.17) is 25.2 Å². The lowest BCUT2D eigenvalue weighted by atomic mass is 10.1. The minimum absolute atomic E-state index is 0.158. The molecule has 0 aliphatic carbocycles. The average Bonchev–Trinajstić information content (AvgIpc) is 4.07. The van der Waals surface area contributed by atoms with Gasteiger partial charge in [0.25, 0.3) is 11.8 Å². The van der Waals surface area contributed by atoms with Crippen molar-refractivity contribution in [1.29, 1.82) is 0 Å². The van der Waals surface area contributed by atoms with Crippen molar-refractivity contribution in [3.8, 4) is 11.5 Å². The molecule has 6 aromatic rings. The number of hydrogen-bond acceptors (Lipinski definition) is 13. The summed E-state index contributed by atoms with van der Waals surface area (Å²) in [5.74, 6) is -0.121. The van der Waals surface area contributed by atoms with E-state index in [0.29, 0.717) is 113 Å². The third-order valence-corrected chi connectivity index (χ3v) is 12.2. The molecule has 342 valence electrons. The number of aryl methyl sites for hydroxylation is 4. The van der Waals surface area contributed by atoms with Gasteiger partial charge in [0.15, 0.2) is 0 Å². The van der Waals surface area contributed by atoms with Gasteiger partial charge in [-0.1, -0.05) is 26.0 Å². The number of imidazole rings is 2. The molecule has 1 fully saturated rings. The summed E-state index contributed by atoms with van der Waals surface area (Å²) in [5, 5.41) is 11.1. The van der Waals surface area contributed by atoms with E-state index in [-0.39, 0.29) is 42.4 Å². The summed E-state index contributed by atoms with van der Waals surface area (Å²) < 4.78 is 17.3. The molecule has 0 radical (unpaired) electrons. The van der Waals surface area contributed by atoms with Crippen molar-refractivity contribution in [2.75, 3.05) is 57.1 Å². The number of nitrogens with two attached hydrogens (primary N) is 1. The van der Waals surface area contributed by atoms with Crippen molar-refractivity contribution >= 4 is 75.2 Å². The summed E-state index contributed by atoms with van der Waals surface area (Å²) in [6.07, 6.45) is 6.19. The van der Waals surface area contributed by atoms with Gasteiger partial charge in [0.05, 0.1) is 41.1 Å². The number of allylic oxidation sites excluding steroid dienone is 2. The molecule has 65 heavy (non-hydrogen) atoms. The number of ether oxygens (including phenoxy) is 2. The molecule has 20 heteroatoms. The van der Waals surface area contributed by atoms with E-state index in [0.717, 1.165) is 24.6 Å². The number of primary amides is 1. The molecule has 1 saturated heterocycles. The van der Waals surface area contributed by atoms with Crippen LogP contribution in [0.5, 0.6) is 11.5 Å². The number of nitrogens with zero attached hydrogens (tertiary/aromatic N) is 9. The number of nitrogens with one attached hydrogen (secondary N) is 2. The highest BCUT2D eigenvalue weighted by atomic mass is 32.1. The van der Waals surface area contributed by atoms with Crippen molar-refractivity contribution in [2.45, 2.75) is 73.5 Å². The smallest absolute Gasteiger partial charge is 0.276 e. The van der Waals surface area contributed by atoms with Crippen molar-refractivity contribution in [1.82, 2.24) is 43.7 Å². The minimum atomic E-state index is -0.666. The maximum Gasteiger partial charge on any atom is 0.276 e. The normalized spacial score (nSPS) is 13.2. The quantitative estimate of drug-likeness (QED) is 0.0539. The van der Waals surface area contributed by atoms with Crippen LogP contribution in [0.2, 0.25) is 0 Å². The Labute approximate surface area is 379 Å². The van der Waals surface area contributed by atoms with E-state index >= 15 is 0 Å². The maximum atomic E-state index is 13.9. The van der Waals surface area contributed by atoms with E-state index < -0.39 is 11.8 Å². The second kappa shape index (κ2) is 20.3. The van der Waals surface area contributed by atoms with Crippen LogP contribution in [-0.2, 0) is 30.8 Å². The van der Waals surface area contributed by atoms with Crippen molar-refractivity contribution in [2.24, 2.45) is 5.73 Å². The molecule has 1 aliphatic heterocycles. The monoisotopic (exact) mass is 906 g/mol.